The van der Waals surface area contributed by atoms with Crippen molar-refractivity contribution >= 4 is 5.78 Å². The molecule has 0 aliphatic heterocycles. The Kier molecular flexibility index (Phi) is 3.98. The molecule has 1 aliphatic rings. The largest absolute Gasteiger partial charge is 0.294 e. The van der Waals surface area contributed by atoms with Crippen LogP contribution in [0.25, 0.3) is 0 Å². The zero-order chi connectivity index (χ0) is 12.3. The Labute approximate surface area is 104 Å². The average Bonchev–Trinajstić information content (AvgIpc) is 2.77. The van der Waals surface area contributed by atoms with Crippen LogP contribution in [-0.2, 0) is 0 Å². The number of carbonyl (C=O) groups excluding carboxylic acids is 1. The van der Waals surface area contributed by atoms with Gasteiger partial charge >= 0.3 is 0 Å². The molecule has 0 unspecified atom stereocenters. The third kappa shape index (κ3) is 3.42. The number of benzene rings is 1. The average molecular weight is 230 g/mol. The first-order valence-corrected chi connectivity index (χ1v) is 6.76. The molecule has 0 amide bonds. The Bertz CT molecular complexity index is 380. The van der Waals surface area contributed by atoms with Crippen molar-refractivity contribution in [2.24, 2.45) is 5.92 Å². The molecule has 1 fully saturated rings. The second kappa shape index (κ2) is 5.48. The van der Waals surface area contributed by atoms with Gasteiger partial charge in [-0.1, -0.05) is 42.9 Å². The van der Waals surface area contributed by atoms with Crippen LogP contribution < -0.4 is 0 Å². The minimum absolute atomic E-state index is 0.323. The summed E-state index contributed by atoms with van der Waals surface area (Å²) in [6.07, 6.45) is 7.21. The highest BCUT2D eigenvalue weighted by molar-refractivity contribution is 5.96. The van der Waals surface area contributed by atoms with Gasteiger partial charge in [0, 0.05) is 12.0 Å². The molecular weight excluding hydrogens is 208 g/mol. The van der Waals surface area contributed by atoms with Gasteiger partial charge in [0.15, 0.2) is 5.78 Å². The van der Waals surface area contributed by atoms with Crippen LogP contribution in [0.1, 0.15) is 60.0 Å². The van der Waals surface area contributed by atoms with Crippen LogP contribution in [0.3, 0.4) is 0 Å². The predicted molar refractivity (Wildman–Crippen MR) is 71.4 cm³/mol. The standard InChI is InChI=1S/C16H22O/c1-12-9-13(2)11-15(10-12)16(17)8-7-14-5-3-4-6-14/h9-11,14H,3-8H2,1-2H3. The van der Waals surface area contributed by atoms with Gasteiger partial charge in [0.25, 0.3) is 0 Å². The lowest BCUT2D eigenvalue weighted by atomic mass is 9.96. The molecule has 0 bridgehead atoms. The third-order valence-electron chi connectivity index (χ3n) is 3.80. The number of rotatable bonds is 4. The van der Waals surface area contributed by atoms with Gasteiger partial charge in [-0.2, -0.15) is 0 Å². The van der Waals surface area contributed by atoms with E-state index in [-0.39, 0.29) is 0 Å². The van der Waals surface area contributed by atoms with E-state index in [1.807, 2.05) is 12.1 Å². The van der Waals surface area contributed by atoms with E-state index in [9.17, 15) is 4.79 Å². The molecule has 92 valence electrons. The first kappa shape index (κ1) is 12.3. The van der Waals surface area contributed by atoms with Crippen LogP contribution in [0, 0.1) is 19.8 Å². The molecule has 1 saturated carbocycles. The highest BCUT2D eigenvalue weighted by Crippen LogP contribution is 2.29. The fourth-order valence-corrected chi connectivity index (χ4v) is 2.91. The van der Waals surface area contributed by atoms with Crippen molar-refractivity contribution in [1.82, 2.24) is 0 Å². The van der Waals surface area contributed by atoms with Crippen LogP contribution >= 0.6 is 0 Å². The molecule has 0 atom stereocenters. The van der Waals surface area contributed by atoms with Crippen molar-refractivity contribution in [3.05, 3.63) is 34.9 Å². The molecule has 1 aromatic rings. The highest BCUT2D eigenvalue weighted by atomic mass is 16.1. The minimum atomic E-state index is 0.323. The lowest BCUT2D eigenvalue weighted by Crippen LogP contribution is -2.03. The van der Waals surface area contributed by atoms with E-state index in [1.165, 1.54) is 36.8 Å². The van der Waals surface area contributed by atoms with E-state index in [2.05, 4.69) is 19.9 Å². The molecule has 0 aromatic heterocycles. The highest BCUT2D eigenvalue weighted by Gasteiger charge is 2.16. The summed E-state index contributed by atoms with van der Waals surface area (Å²) in [7, 11) is 0. The summed E-state index contributed by atoms with van der Waals surface area (Å²) in [4.78, 5) is 12.1. The smallest absolute Gasteiger partial charge is 0.162 e. The van der Waals surface area contributed by atoms with Gasteiger partial charge in [0.05, 0.1) is 0 Å². The Morgan fingerprint density at radius 3 is 2.29 bits per heavy atom. The third-order valence-corrected chi connectivity index (χ3v) is 3.80. The molecule has 1 aliphatic carbocycles. The molecule has 17 heavy (non-hydrogen) atoms. The van der Waals surface area contributed by atoms with Crippen molar-refractivity contribution in [2.45, 2.75) is 52.4 Å². The number of carbonyl (C=O) groups is 1. The molecule has 1 nitrogen and oxygen atoms in total. The summed E-state index contributed by atoms with van der Waals surface area (Å²) in [5.74, 6) is 1.13. The van der Waals surface area contributed by atoms with Gasteiger partial charge in [-0.3, -0.25) is 4.79 Å². The SMILES string of the molecule is Cc1cc(C)cc(C(=O)CCC2CCCC2)c1. The van der Waals surface area contributed by atoms with E-state index in [4.69, 9.17) is 0 Å². The van der Waals surface area contributed by atoms with E-state index >= 15 is 0 Å². The quantitative estimate of drug-likeness (QED) is 0.698. The predicted octanol–water partition coefficient (Wildman–Crippen LogP) is 4.46. The molecule has 1 heteroatoms. The lowest BCUT2D eigenvalue weighted by molar-refractivity contribution is 0.0973. The van der Waals surface area contributed by atoms with Gasteiger partial charge in [-0.15, -0.1) is 0 Å². The molecule has 1 aromatic carbocycles. The number of aryl methyl sites for hydroxylation is 2. The Morgan fingerprint density at radius 1 is 1.12 bits per heavy atom. The molecule has 0 N–H and O–H groups in total. The van der Waals surface area contributed by atoms with Crippen LogP contribution in [0.4, 0.5) is 0 Å². The van der Waals surface area contributed by atoms with Crippen LogP contribution in [0.15, 0.2) is 18.2 Å². The van der Waals surface area contributed by atoms with Crippen molar-refractivity contribution in [3.63, 3.8) is 0 Å². The van der Waals surface area contributed by atoms with Gasteiger partial charge in [0.2, 0.25) is 0 Å². The van der Waals surface area contributed by atoms with E-state index in [0.29, 0.717) is 5.78 Å². The Balaban J connectivity index is 1.94. The molecule has 0 saturated heterocycles. The van der Waals surface area contributed by atoms with Gasteiger partial charge in [-0.25, -0.2) is 0 Å². The van der Waals surface area contributed by atoms with Crippen molar-refractivity contribution < 1.29 is 4.79 Å². The van der Waals surface area contributed by atoms with E-state index < -0.39 is 0 Å². The van der Waals surface area contributed by atoms with E-state index in [1.54, 1.807) is 0 Å². The summed E-state index contributed by atoms with van der Waals surface area (Å²) in [5.41, 5.74) is 3.28. The molecule has 0 radical (unpaired) electrons. The monoisotopic (exact) mass is 230 g/mol. The lowest BCUT2D eigenvalue weighted by Gasteiger charge is -2.08. The van der Waals surface area contributed by atoms with Gasteiger partial charge in [-0.05, 0) is 38.3 Å². The molecular formula is C16H22O. The maximum Gasteiger partial charge on any atom is 0.162 e. The number of Topliss-reactive ketones (excluding diaryl/α,β-unsaturated/α-hetero) is 1. The zero-order valence-corrected chi connectivity index (χ0v) is 11.0. The zero-order valence-electron chi connectivity index (χ0n) is 11.0. The summed E-state index contributed by atoms with van der Waals surface area (Å²) >= 11 is 0. The summed E-state index contributed by atoms with van der Waals surface area (Å²) in [6, 6.07) is 6.15. The topological polar surface area (TPSA) is 17.1 Å². The van der Waals surface area contributed by atoms with Crippen molar-refractivity contribution in [3.8, 4) is 0 Å². The van der Waals surface area contributed by atoms with Gasteiger partial charge in [0.1, 0.15) is 0 Å². The summed E-state index contributed by atoms with van der Waals surface area (Å²) in [5, 5.41) is 0. The van der Waals surface area contributed by atoms with Crippen LogP contribution in [0.2, 0.25) is 0 Å². The molecule has 2 rings (SSSR count). The van der Waals surface area contributed by atoms with E-state index in [0.717, 1.165) is 24.3 Å². The van der Waals surface area contributed by atoms with Crippen molar-refractivity contribution in [2.75, 3.05) is 0 Å². The molecule has 0 heterocycles. The molecule has 0 spiro atoms. The number of hydrogen-bond donors (Lipinski definition) is 0. The fraction of sp³-hybridized carbons (Fsp3) is 0.562. The fourth-order valence-electron chi connectivity index (χ4n) is 2.91. The van der Waals surface area contributed by atoms with Crippen LogP contribution in [-0.4, -0.2) is 5.78 Å². The second-order valence-electron chi connectivity index (χ2n) is 5.49. The van der Waals surface area contributed by atoms with Gasteiger partial charge < -0.3 is 0 Å². The summed E-state index contributed by atoms with van der Waals surface area (Å²) in [6.45, 7) is 4.11. The Morgan fingerprint density at radius 2 is 1.71 bits per heavy atom. The minimum Gasteiger partial charge on any atom is -0.294 e. The second-order valence-corrected chi connectivity index (χ2v) is 5.49. The normalized spacial score (nSPS) is 16.4. The number of ketones is 1. The Hall–Kier alpha value is -1.11. The summed E-state index contributed by atoms with van der Waals surface area (Å²) < 4.78 is 0. The maximum absolute atomic E-state index is 12.1. The first-order chi connectivity index (χ1) is 8.15. The first-order valence-electron chi connectivity index (χ1n) is 6.76. The number of hydrogen-bond acceptors (Lipinski definition) is 1. The maximum atomic E-state index is 12.1. The van der Waals surface area contributed by atoms with Crippen LogP contribution in [0.5, 0.6) is 0 Å². The van der Waals surface area contributed by atoms with Crippen molar-refractivity contribution in [1.29, 1.82) is 0 Å².